The molecule has 4 rings (SSSR count). The molecule has 0 radical (unpaired) electrons. The number of morpholine rings is 1. The number of anilines is 1. The predicted octanol–water partition coefficient (Wildman–Crippen LogP) is 4.81. The number of benzene rings is 1. The van der Waals surface area contributed by atoms with Gasteiger partial charge in [0.05, 0.1) is 29.7 Å². The number of rotatable bonds is 4. The molecule has 2 aliphatic rings. The fraction of sp³-hybridized carbons (Fsp3) is 0.500. The SMILES string of the molecule is CCOc1cccc(-c2c(N3CCOCC3)sc3c2CC(C)(C)CC3=O)c1. The van der Waals surface area contributed by atoms with Crippen molar-refractivity contribution in [2.24, 2.45) is 5.41 Å². The van der Waals surface area contributed by atoms with Crippen LogP contribution < -0.4 is 9.64 Å². The summed E-state index contributed by atoms with van der Waals surface area (Å²) in [7, 11) is 0. The van der Waals surface area contributed by atoms with Crippen molar-refractivity contribution in [1.29, 1.82) is 0 Å². The van der Waals surface area contributed by atoms with Crippen molar-refractivity contribution in [3.63, 3.8) is 0 Å². The lowest BCUT2D eigenvalue weighted by Gasteiger charge is -2.30. The van der Waals surface area contributed by atoms with Crippen LogP contribution in [0, 0.1) is 5.41 Å². The Bertz CT molecular complexity index is 849. The van der Waals surface area contributed by atoms with E-state index in [0.29, 0.717) is 13.0 Å². The van der Waals surface area contributed by atoms with Crippen LogP contribution in [0.25, 0.3) is 11.1 Å². The summed E-state index contributed by atoms with van der Waals surface area (Å²) in [6, 6.07) is 8.29. The van der Waals surface area contributed by atoms with E-state index in [2.05, 4.69) is 30.9 Å². The molecule has 0 bridgehead atoms. The van der Waals surface area contributed by atoms with E-state index in [1.807, 2.05) is 19.1 Å². The molecule has 0 N–H and O–H groups in total. The quantitative estimate of drug-likeness (QED) is 0.757. The van der Waals surface area contributed by atoms with E-state index in [9.17, 15) is 4.79 Å². The third kappa shape index (κ3) is 3.63. The van der Waals surface area contributed by atoms with E-state index in [1.54, 1.807) is 11.3 Å². The molecule has 0 saturated carbocycles. The number of fused-ring (bicyclic) bond motifs is 1. The first-order valence-corrected chi connectivity index (χ1v) is 10.5. The second-order valence-corrected chi connectivity index (χ2v) is 9.09. The molecule has 1 aliphatic heterocycles. The lowest BCUT2D eigenvalue weighted by atomic mass is 9.75. The fourth-order valence-corrected chi connectivity index (χ4v) is 5.43. The minimum absolute atomic E-state index is 0.000283. The maximum absolute atomic E-state index is 12.9. The highest BCUT2D eigenvalue weighted by molar-refractivity contribution is 7.19. The molecule has 0 amide bonds. The number of Topliss-reactive ketones (excluding diaryl/α,β-unsaturated/α-hetero) is 1. The Morgan fingerprint density at radius 2 is 2.00 bits per heavy atom. The summed E-state index contributed by atoms with van der Waals surface area (Å²) in [5.74, 6) is 1.16. The lowest BCUT2D eigenvalue weighted by molar-refractivity contribution is 0.0918. The van der Waals surface area contributed by atoms with Crippen molar-refractivity contribution < 1.29 is 14.3 Å². The van der Waals surface area contributed by atoms with Gasteiger partial charge in [-0.05, 0) is 42.0 Å². The van der Waals surface area contributed by atoms with Gasteiger partial charge in [0.15, 0.2) is 5.78 Å². The molecular formula is C22H27NO3S. The number of hydrogen-bond donors (Lipinski definition) is 0. The van der Waals surface area contributed by atoms with Crippen molar-refractivity contribution in [1.82, 2.24) is 0 Å². The van der Waals surface area contributed by atoms with Gasteiger partial charge < -0.3 is 14.4 Å². The zero-order chi connectivity index (χ0) is 19.0. The molecule has 0 atom stereocenters. The summed E-state index contributed by atoms with van der Waals surface area (Å²) in [5, 5.41) is 1.21. The Morgan fingerprint density at radius 3 is 2.74 bits per heavy atom. The van der Waals surface area contributed by atoms with Gasteiger partial charge in [-0.1, -0.05) is 26.0 Å². The molecule has 144 valence electrons. The first-order chi connectivity index (χ1) is 13.0. The van der Waals surface area contributed by atoms with Crippen LogP contribution in [-0.2, 0) is 11.2 Å². The molecule has 27 heavy (non-hydrogen) atoms. The van der Waals surface area contributed by atoms with Gasteiger partial charge in [0.1, 0.15) is 5.75 Å². The fourth-order valence-electron chi connectivity index (χ4n) is 4.10. The Balaban J connectivity index is 1.87. The van der Waals surface area contributed by atoms with Gasteiger partial charge in [-0.3, -0.25) is 4.79 Å². The lowest BCUT2D eigenvalue weighted by Crippen LogP contribution is -2.36. The van der Waals surface area contributed by atoms with Gasteiger partial charge in [0.2, 0.25) is 0 Å². The normalized spacial score (nSPS) is 19.1. The third-order valence-corrected chi connectivity index (χ3v) is 6.60. The molecule has 1 aliphatic carbocycles. The summed E-state index contributed by atoms with van der Waals surface area (Å²) in [4.78, 5) is 16.2. The summed E-state index contributed by atoms with van der Waals surface area (Å²) in [6.45, 7) is 10.2. The average molecular weight is 386 g/mol. The van der Waals surface area contributed by atoms with Gasteiger partial charge in [-0.2, -0.15) is 0 Å². The van der Waals surface area contributed by atoms with Gasteiger partial charge in [-0.15, -0.1) is 11.3 Å². The third-order valence-electron chi connectivity index (χ3n) is 5.27. The maximum Gasteiger partial charge on any atom is 0.173 e. The number of ketones is 1. The highest BCUT2D eigenvalue weighted by Crippen LogP contribution is 2.49. The zero-order valence-corrected chi connectivity index (χ0v) is 17.2. The van der Waals surface area contributed by atoms with Gasteiger partial charge in [0.25, 0.3) is 0 Å². The molecule has 2 aromatic rings. The average Bonchev–Trinajstić information content (AvgIpc) is 3.01. The number of hydrogen-bond acceptors (Lipinski definition) is 5. The van der Waals surface area contributed by atoms with E-state index in [1.165, 1.54) is 16.1 Å². The Morgan fingerprint density at radius 1 is 1.22 bits per heavy atom. The minimum atomic E-state index is -0.000283. The smallest absolute Gasteiger partial charge is 0.173 e. The van der Waals surface area contributed by atoms with Crippen LogP contribution in [0.4, 0.5) is 5.00 Å². The van der Waals surface area contributed by atoms with Crippen LogP contribution >= 0.6 is 11.3 Å². The minimum Gasteiger partial charge on any atom is -0.494 e. The number of thiophene rings is 1. The molecule has 2 heterocycles. The molecule has 1 aromatic carbocycles. The maximum atomic E-state index is 12.9. The van der Waals surface area contributed by atoms with E-state index >= 15 is 0 Å². The molecule has 1 saturated heterocycles. The summed E-state index contributed by atoms with van der Waals surface area (Å²) in [5.41, 5.74) is 3.58. The van der Waals surface area contributed by atoms with Crippen LogP contribution in [0.1, 0.15) is 42.4 Å². The van der Waals surface area contributed by atoms with E-state index in [0.717, 1.165) is 48.9 Å². The van der Waals surface area contributed by atoms with E-state index in [4.69, 9.17) is 9.47 Å². The second-order valence-electron chi connectivity index (χ2n) is 8.09. The molecule has 0 spiro atoms. The molecule has 5 heteroatoms. The summed E-state index contributed by atoms with van der Waals surface area (Å²) >= 11 is 1.67. The predicted molar refractivity (Wildman–Crippen MR) is 110 cm³/mol. The van der Waals surface area contributed by atoms with Crippen LogP contribution in [0.2, 0.25) is 0 Å². The van der Waals surface area contributed by atoms with Gasteiger partial charge in [0, 0.05) is 25.1 Å². The zero-order valence-electron chi connectivity index (χ0n) is 16.3. The van der Waals surface area contributed by atoms with E-state index in [-0.39, 0.29) is 11.2 Å². The van der Waals surface area contributed by atoms with Crippen molar-refractivity contribution >= 4 is 22.1 Å². The summed E-state index contributed by atoms with van der Waals surface area (Å²) < 4.78 is 11.3. The van der Waals surface area contributed by atoms with E-state index < -0.39 is 0 Å². The van der Waals surface area contributed by atoms with Crippen molar-refractivity contribution in [3.8, 4) is 16.9 Å². The highest BCUT2D eigenvalue weighted by Gasteiger charge is 2.37. The van der Waals surface area contributed by atoms with Crippen LogP contribution in [0.3, 0.4) is 0 Å². The number of carbonyl (C=O) groups is 1. The van der Waals surface area contributed by atoms with Crippen LogP contribution in [0.15, 0.2) is 24.3 Å². The second kappa shape index (κ2) is 7.28. The Labute approximate surface area is 165 Å². The van der Waals surface area contributed by atoms with Crippen molar-refractivity contribution in [2.75, 3.05) is 37.8 Å². The van der Waals surface area contributed by atoms with Crippen LogP contribution in [0.5, 0.6) is 5.75 Å². The van der Waals surface area contributed by atoms with Crippen LogP contribution in [-0.4, -0.2) is 38.7 Å². The molecule has 0 unspecified atom stereocenters. The standard InChI is InChI=1S/C22H27NO3S/c1-4-26-16-7-5-6-15(12-16)19-17-13-22(2,3)14-18(24)20(17)27-21(19)23-8-10-25-11-9-23/h5-7,12H,4,8-11,13-14H2,1-3H3. The van der Waals surface area contributed by atoms with Gasteiger partial charge >= 0.3 is 0 Å². The monoisotopic (exact) mass is 385 g/mol. The molecule has 1 aromatic heterocycles. The topological polar surface area (TPSA) is 38.8 Å². The largest absolute Gasteiger partial charge is 0.494 e. The Kier molecular flexibility index (Phi) is 4.99. The Hall–Kier alpha value is -1.85. The first kappa shape index (κ1) is 18.5. The van der Waals surface area contributed by atoms with Crippen molar-refractivity contribution in [3.05, 3.63) is 34.7 Å². The number of carbonyl (C=O) groups excluding carboxylic acids is 1. The number of ether oxygens (including phenoxy) is 2. The molecule has 1 fully saturated rings. The summed E-state index contributed by atoms with van der Waals surface area (Å²) in [6.07, 6.45) is 1.56. The van der Waals surface area contributed by atoms with Crippen molar-refractivity contribution in [2.45, 2.75) is 33.6 Å². The van der Waals surface area contributed by atoms with Gasteiger partial charge in [-0.25, -0.2) is 0 Å². The molecular weight excluding hydrogens is 358 g/mol. The number of nitrogens with zero attached hydrogens (tertiary/aromatic N) is 1. The highest BCUT2D eigenvalue weighted by atomic mass is 32.1. The molecule has 4 nitrogen and oxygen atoms in total. The first-order valence-electron chi connectivity index (χ1n) is 9.73.